The fraction of sp³-hybridized carbons (Fsp3) is 0. The molecule has 0 saturated carbocycles. The predicted molar refractivity (Wildman–Crippen MR) is 263 cm³/mol. The van der Waals surface area contributed by atoms with Gasteiger partial charge < -0.3 is 8.98 Å². The van der Waals surface area contributed by atoms with Crippen molar-refractivity contribution < 1.29 is 4.42 Å². The van der Waals surface area contributed by atoms with Crippen molar-refractivity contribution in [1.82, 2.24) is 19.5 Å². The molecule has 0 N–H and O–H groups in total. The number of rotatable bonds is 4. The van der Waals surface area contributed by atoms with Gasteiger partial charge in [0, 0.05) is 58.4 Å². The number of fused-ring (bicyclic) bond motifs is 13. The van der Waals surface area contributed by atoms with Crippen LogP contribution in [0.4, 0.5) is 0 Å². The van der Waals surface area contributed by atoms with Crippen molar-refractivity contribution in [2.75, 3.05) is 0 Å². The molecule has 0 radical (unpaired) electrons. The third kappa shape index (κ3) is 5.25. The minimum absolute atomic E-state index is 0.587. The molecule has 0 aliphatic rings. The van der Waals surface area contributed by atoms with Gasteiger partial charge in [-0.2, -0.15) is 0 Å². The van der Waals surface area contributed by atoms with Gasteiger partial charge in [-0.1, -0.05) is 127 Å². The number of thiophene rings is 1. The zero-order chi connectivity index (χ0) is 41.2. The van der Waals surface area contributed by atoms with E-state index < -0.39 is 0 Å². The Morgan fingerprint density at radius 3 is 1.78 bits per heavy atom. The van der Waals surface area contributed by atoms with Crippen LogP contribution in [0.5, 0.6) is 0 Å². The maximum atomic E-state index is 6.89. The molecule has 0 aliphatic carbocycles. The first-order chi connectivity index (χ1) is 31.2. The van der Waals surface area contributed by atoms with Crippen molar-refractivity contribution in [3.63, 3.8) is 0 Å². The first-order valence-corrected chi connectivity index (χ1v) is 22.0. The molecule has 14 aromatic rings. The van der Waals surface area contributed by atoms with Crippen LogP contribution >= 0.6 is 11.3 Å². The van der Waals surface area contributed by atoms with E-state index in [0.717, 1.165) is 60.7 Å². The predicted octanol–water partition coefficient (Wildman–Crippen LogP) is 15.7. The fourth-order valence-corrected chi connectivity index (χ4v) is 10.9. The van der Waals surface area contributed by atoms with Crippen molar-refractivity contribution in [2.24, 2.45) is 0 Å². The summed E-state index contributed by atoms with van der Waals surface area (Å²) in [5.74, 6) is 1.82. The highest BCUT2D eigenvalue weighted by Gasteiger charge is 2.23. The highest BCUT2D eigenvalue weighted by Crippen LogP contribution is 2.44. The van der Waals surface area contributed by atoms with Crippen LogP contribution in [0.15, 0.2) is 199 Å². The lowest BCUT2D eigenvalue weighted by atomic mass is 10.0. The summed E-state index contributed by atoms with van der Waals surface area (Å²) in [6, 6.07) is 69.2. The monoisotopic (exact) mass is 820 g/mol. The number of hydrogen-bond donors (Lipinski definition) is 0. The zero-order valence-electron chi connectivity index (χ0n) is 33.6. The second kappa shape index (κ2) is 13.2. The lowest BCUT2D eigenvalue weighted by molar-refractivity contribution is 0.666. The molecule has 0 spiro atoms. The standard InChI is InChI=1S/C57H32N4OS/c1-2-13-35-27-38(22-21-33(35)11-1)55-58-56(39-24-26-52-44(29-39)43-18-8-10-20-51(43)63-52)60-57(59-55)40-30-45-42-17-7-9-19-50(42)62-54(45)49(32-40)61-47-25-23-34-12-5-6-16-41(34)53(47)46-28-36-14-3-4-15-37(36)31-48(46)61/h1-32H. The van der Waals surface area contributed by atoms with E-state index in [2.05, 4.69) is 193 Å². The van der Waals surface area contributed by atoms with Crippen molar-refractivity contribution >= 4 is 108 Å². The second-order valence-corrected chi connectivity index (χ2v) is 17.5. The van der Waals surface area contributed by atoms with E-state index in [0.29, 0.717) is 17.5 Å². The van der Waals surface area contributed by atoms with E-state index in [1.807, 2.05) is 17.4 Å². The molecular formula is C57H32N4OS. The average molecular weight is 821 g/mol. The highest BCUT2D eigenvalue weighted by atomic mass is 32.1. The molecule has 0 fully saturated rings. The maximum Gasteiger partial charge on any atom is 0.164 e. The molecule has 6 heteroatoms. The topological polar surface area (TPSA) is 56.7 Å². The smallest absolute Gasteiger partial charge is 0.164 e. The van der Waals surface area contributed by atoms with Crippen molar-refractivity contribution in [1.29, 1.82) is 0 Å². The Labute approximate surface area is 363 Å². The number of furan rings is 1. The van der Waals surface area contributed by atoms with Crippen LogP contribution in [0.25, 0.3) is 136 Å². The van der Waals surface area contributed by atoms with E-state index in [-0.39, 0.29) is 0 Å². The SMILES string of the molecule is c1ccc2cc(-c3nc(-c4ccc5sc6ccccc6c5c4)nc(-c4cc(-n5c6cc7ccccc7cc6c6c7ccccc7ccc65)c5oc6ccccc6c5c4)n3)ccc2c1. The highest BCUT2D eigenvalue weighted by molar-refractivity contribution is 7.25. The van der Waals surface area contributed by atoms with Gasteiger partial charge >= 0.3 is 0 Å². The molecule has 4 heterocycles. The van der Waals surface area contributed by atoms with Crippen LogP contribution in [0.3, 0.4) is 0 Å². The molecule has 0 atom stereocenters. The Morgan fingerprint density at radius 2 is 0.952 bits per heavy atom. The Bertz CT molecular complexity index is 4230. The van der Waals surface area contributed by atoms with Crippen LogP contribution in [-0.4, -0.2) is 19.5 Å². The minimum atomic E-state index is 0.587. The molecule has 0 bridgehead atoms. The first kappa shape index (κ1) is 34.5. The molecule has 292 valence electrons. The largest absolute Gasteiger partial charge is 0.454 e. The van der Waals surface area contributed by atoms with Gasteiger partial charge in [-0.05, 0) is 99.0 Å². The van der Waals surface area contributed by atoms with E-state index in [1.54, 1.807) is 0 Å². The van der Waals surface area contributed by atoms with E-state index in [9.17, 15) is 0 Å². The van der Waals surface area contributed by atoms with Crippen LogP contribution in [-0.2, 0) is 0 Å². The molecule has 4 aromatic heterocycles. The van der Waals surface area contributed by atoms with Gasteiger partial charge in [0.2, 0.25) is 0 Å². The van der Waals surface area contributed by atoms with E-state index in [1.165, 1.54) is 57.9 Å². The fourth-order valence-electron chi connectivity index (χ4n) is 9.79. The molecule has 63 heavy (non-hydrogen) atoms. The second-order valence-electron chi connectivity index (χ2n) is 16.4. The molecule has 14 rings (SSSR count). The number of benzene rings is 10. The quantitative estimate of drug-likeness (QED) is 0.177. The van der Waals surface area contributed by atoms with E-state index in [4.69, 9.17) is 19.4 Å². The van der Waals surface area contributed by atoms with Crippen LogP contribution < -0.4 is 0 Å². The summed E-state index contributed by atoms with van der Waals surface area (Å²) in [5.41, 5.74) is 7.49. The van der Waals surface area contributed by atoms with Gasteiger partial charge in [-0.3, -0.25) is 0 Å². The Hall–Kier alpha value is -8.19. The van der Waals surface area contributed by atoms with Crippen molar-refractivity contribution in [3.05, 3.63) is 194 Å². The van der Waals surface area contributed by atoms with E-state index >= 15 is 0 Å². The van der Waals surface area contributed by atoms with Crippen LogP contribution in [0.1, 0.15) is 0 Å². The molecule has 0 unspecified atom stereocenters. The summed E-state index contributed by atoms with van der Waals surface area (Å²) in [7, 11) is 0. The molecule has 0 amide bonds. The lowest BCUT2D eigenvalue weighted by Gasteiger charge is -2.13. The summed E-state index contributed by atoms with van der Waals surface area (Å²) in [5, 5.41) is 13.9. The minimum Gasteiger partial charge on any atom is -0.454 e. The molecule has 10 aromatic carbocycles. The van der Waals surface area contributed by atoms with Crippen LogP contribution in [0, 0.1) is 0 Å². The van der Waals surface area contributed by atoms with Gasteiger partial charge in [0.1, 0.15) is 5.58 Å². The summed E-state index contributed by atoms with van der Waals surface area (Å²) in [6.45, 7) is 0. The van der Waals surface area contributed by atoms with Gasteiger partial charge in [0.05, 0.1) is 16.7 Å². The molecule has 5 nitrogen and oxygen atoms in total. The van der Waals surface area contributed by atoms with Gasteiger partial charge in [0.25, 0.3) is 0 Å². The lowest BCUT2D eigenvalue weighted by Crippen LogP contribution is -2.01. The number of aromatic nitrogens is 4. The third-order valence-corrected chi connectivity index (χ3v) is 13.9. The van der Waals surface area contributed by atoms with Crippen molar-refractivity contribution in [2.45, 2.75) is 0 Å². The summed E-state index contributed by atoms with van der Waals surface area (Å²) >= 11 is 1.81. The Balaban J connectivity index is 1.08. The van der Waals surface area contributed by atoms with Gasteiger partial charge in [-0.15, -0.1) is 11.3 Å². The van der Waals surface area contributed by atoms with Crippen LogP contribution in [0.2, 0.25) is 0 Å². The summed E-state index contributed by atoms with van der Waals surface area (Å²) < 4.78 is 11.8. The summed E-state index contributed by atoms with van der Waals surface area (Å²) in [6.07, 6.45) is 0. The van der Waals surface area contributed by atoms with Gasteiger partial charge in [-0.25, -0.2) is 15.0 Å². The van der Waals surface area contributed by atoms with Gasteiger partial charge in [0.15, 0.2) is 23.1 Å². The zero-order valence-corrected chi connectivity index (χ0v) is 34.4. The van der Waals surface area contributed by atoms with Crippen molar-refractivity contribution in [3.8, 4) is 39.9 Å². The maximum absolute atomic E-state index is 6.89. The molecule has 0 saturated heterocycles. The molecular weight excluding hydrogens is 789 g/mol. The number of para-hydroxylation sites is 1. The third-order valence-electron chi connectivity index (χ3n) is 12.8. The Morgan fingerprint density at radius 1 is 0.365 bits per heavy atom. The average Bonchev–Trinajstić information content (AvgIpc) is 4.02. The normalized spacial score (nSPS) is 12.1. The molecule has 0 aliphatic heterocycles. The first-order valence-electron chi connectivity index (χ1n) is 21.2. The Kier molecular flexibility index (Phi) is 7.21. The number of nitrogens with zero attached hydrogens (tertiary/aromatic N) is 4. The number of hydrogen-bond acceptors (Lipinski definition) is 5. The summed E-state index contributed by atoms with van der Waals surface area (Å²) in [4.78, 5) is 16.0.